The molecule has 0 bridgehead atoms. The molecule has 0 unspecified atom stereocenters. The van der Waals surface area contributed by atoms with Crippen LogP contribution in [0, 0.1) is 0 Å². The summed E-state index contributed by atoms with van der Waals surface area (Å²) < 4.78 is 9.96. The highest BCUT2D eigenvalue weighted by Crippen LogP contribution is 2.05. The minimum atomic E-state index is 0.702. The predicted octanol–water partition coefficient (Wildman–Crippen LogP) is 1.77. The third-order valence-electron chi connectivity index (χ3n) is 1.33. The summed E-state index contributed by atoms with van der Waals surface area (Å²) in [4.78, 5) is 0. The van der Waals surface area contributed by atoms with Gasteiger partial charge < -0.3 is 9.47 Å². The fourth-order valence-corrected chi connectivity index (χ4v) is 0.730. The maximum atomic E-state index is 5.00. The molecule has 0 amide bonds. The van der Waals surface area contributed by atoms with Gasteiger partial charge in [-0.25, -0.2) is 0 Å². The molecule has 1 aliphatic rings. The second-order valence-corrected chi connectivity index (χ2v) is 1.99. The molecule has 58 valence electrons. The molecule has 0 atom stereocenters. The molecule has 0 saturated carbocycles. The Morgan fingerprint density at radius 1 is 1.18 bits per heavy atom. The van der Waals surface area contributed by atoms with Crippen molar-refractivity contribution in [2.24, 2.45) is 0 Å². The molecule has 0 heterocycles. The first-order chi connectivity index (χ1) is 5.36. The van der Waals surface area contributed by atoms with Crippen LogP contribution < -0.4 is 0 Å². The first-order valence-electron chi connectivity index (χ1n) is 3.30. The fraction of sp³-hybridized carbons (Fsp3) is 0.222. The van der Waals surface area contributed by atoms with Gasteiger partial charge in [-0.1, -0.05) is 5.73 Å². The second-order valence-electron chi connectivity index (χ2n) is 1.99. The maximum Gasteiger partial charge on any atom is 0.161 e. The second kappa shape index (κ2) is 3.69. The van der Waals surface area contributed by atoms with E-state index in [0.29, 0.717) is 5.76 Å². The Hall–Kier alpha value is -1.40. The van der Waals surface area contributed by atoms with Crippen LogP contribution in [0.5, 0.6) is 0 Å². The zero-order chi connectivity index (χ0) is 8.10. The molecule has 0 radical (unpaired) electrons. The van der Waals surface area contributed by atoms with Crippen molar-refractivity contribution < 1.29 is 9.47 Å². The molecular formula is C9H10O2. The molecule has 0 N–H and O–H groups in total. The first-order valence-corrected chi connectivity index (χ1v) is 3.30. The van der Waals surface area contributed by atoms with E-state index in [0.717, 1.165) is 5.76 Å². The molecule has 2 heteroatoms. The fourth-order valence-electron chi connectivity index (χ4n) is 0.730. The van der Waals surface area contributed by atoms with E-state index in [1.54, 1.807) is 26.4 Å². The SMILES string of the molecule is COC1=C=CC=C(OC)C=C1. The van der Waals surface area contributed by atoms with Gasteiger partial charge >= 0.3 is 0 Å². The maximum absolute atomic E-state index is 5.00. The Kier molecular flexibility index (Phi) is 2.59. The van der Waals surface area contributed by atoms with Gasteiger partial charge in [0.25, 0.3) is 0 Å². The summed E-state index contributed by atoms with van der Waals surface area (Å²) in [6.07, 6.45) is 7.22. The Labute approximate surface area is 66.1 Å². The van der Waals surface area contributed by atoms with Crippen LogP contribution in [0.25, 0.3) is 0 Å². The van der Waals surface area contributed by atoms with E-state index in [-0.39, 0.29) is 0 Å². The molecule has 0 spiro atoms. The van der Waals surface area contributed by atoms with Gasteiger partial charge in [0, 0.05) is 0 Å². The van der Waals surface area contributed by atoms with Crippen molar-refractivity contribution in [1.82, 2.24) is 0 Å². The van der Waals surface area contributed by atoms with Gasteiger partial charge in [0.1, 0.15) is 5.76 Å². The Bertz CT molecular complexity index is 253. The summed E-state index contributed by atoms with van der Waals surface area (Å²) in [7, 11) is 3.24. The number of ether oxygens (including phenoxy) is 2. The van der Waals surface area contributed by atoms with E-state index >= 15 is 0 Å². The minimum absolute atomic E-state index is 0.702. The number of rotatable bonds is 2. The third-order valence-corrected chi connectivity index (χ3v) is 1.33. The monoisotopic (exact) mass is 150 g/mol. The molecule has 0 aromatic heterocycles. The van der Waals surface area contributed by atoms with Crippen LogP contribution in [0.2, 0.25) is 0 Å². The van der Waals surface area contributed by atoms with Crippen LogP contribution in [0.3, 0.4) is 0 Å². The van der Waals surface area contributed by atoms with Crippen molar-refractivity contribution >= 4 is 0 Å². The average Bonchev–Trinajstić information content (AvgIpc) is 2.28. The third kappa shape index (κ3) is 2.03. The van der Waals surface area contributed by atoms with Gasteiger partial charge in [-0.05, 0) is 24.3 Å². The Morgan fingerprint density at radius 3 is 2.64 bits per heavy atom. The van der Waals surface area contributed by atoms with Crippen molar-refractivity contribution in [1.29, 1.82) is 0 Å². The van der Waals surface area contributed by atoms with Crippen molar-refractivity contribution in [3.05, 3.63) is 41.6 Å². The zero-order valence-electron chi connectivity index (χ0n) is 6.63. The predicted molar refractivity (Wildman–Crippen MR) is 42.8 cm³/mol. The van der Waals surface area contributed by atoms with Gasteiger partial charge in [0.15, 0.2) is 5.76 Å². The molecule has 1 rings (SSSR count). The molecule has 2 nitrogen and oxygen atoms in total. The normalized spacial score (nSPS) is 15.1. The van der Waals surface area contributed by atoms with E-state index in [4.69, 9.17) is 9.47 Å². The Balaban J connectivity index is 2.80. The van der Waals surface area contributed by atoms with Crippen molar-refractivity contribution in [3.63, 3.8) is 0 Å². The quantitative estimate of drug-likeness (QED) is 0.558. The van der Waals surface area contributed by atoms with Crippen molar-refractivity contribution in [2.75, 3.05) is 14.2 Å². The first kappa shape index (κ1) is 7.70. The van der Waals surface area contributed by atoms with E-state index in [2.05, 4.69) is 5.73 Å². The smallest absolute Gasteiger partial charge is 0.161 e. The van der Waals surface area contributed by atoms with Crippen LogP contribution in [0.15, 0.2) is 41.6 Å². The zero-order valence-corrected chi connectivity index (χ0v) is 6.63. The molecule has 11 heavy (non-hydrogen) atoms. The molecule has 0 aromatic carbocycles. The van der Waals surface area contributed by atoms with Gasteiger partial charge in [0.2, 0.25) is 0 Å². The summed E-state index contributed by atoms with van der Waals surface area (Å²) in [5.41, 5.74) is 2.92. The van der Waals surface area contributed by atoms with Crippen LogP contribution in [0.1, 0.15) is 0 Å². The van der Waals surface area contributed by atoms with Crippen molar-refractivity contribution in [2.45, 2.75) is 0 Å². The van der Waals surface area contributed by atoms with Crippen LogP contribution >= 0.6 is 0 Å². The van der Waals surface area contributed by atoms with Crippen LogP contribution in [0.4, 0.5) is 0 Å². The van der Waals surface area contributed by atoms with Gasteiger partial charge in [-0.2, -0.15) is 0 Å². The number of hydrogen-bond acceptors (Lipinski definition) is 2. The van der Waals surface area contributed by atoms with Crippen LogP contribution in [-0.2, 0) is 9.47 Å². The average molecular weight is 150 g/mol. The summed E-state index contributed by atoms with van der Waals surface area (Å²) >= 11 is 0. The summed E-state index contributed by atoms with van der Waals surface area (Å²) in [5, 5.41) is 0. The lowest BCUT2D eigenvalue weighted by Crippen LogP contribution is -1.80. The lowest BCUT2D eigenvalue weighted by molar-refractivity contribution is 0.301. The molecule has 0 fully saturated rings. The van der Waals surface area contributed by atoms with E-state index in [1.165, 1.54) is 0 Å². The van der Waals surface area contributed by atoms with Crippen LogP contribution in [-0.4, -0.2) is 14.2 Å². The summed E-state index contributed by atoms with van der Waals surface area (Å²) in [6, 6.07) is 0. The molecule has 0 saturated heterocycles. The van der Waals surface area contributed by atoms with Crippen molar-refractivity contribution in [3.8, 4) is 0 Å². The number of allylic oxidation sites excluding steroid dienone is 3. The minimum Gasteiger partial charge on any atom is -0.497 e. The molecule has 0 aliphatic heterocycles. The largest absolute Gasteiger partial charge is 0.497 e. The lowest BCUT2D eigenvalue weighted by Gasteiger charge is -1.96. The highest BCUT2D eigenvalue weighted by atomic mass is 16.5. The molecular weight excluding hydrogens is 140 g/mol. The number of methoxy groups -OCH3 is 2. The number of hydrogen-bond donors (Lipinski definition) is 0. The van der Waals surface area contributed by atoms with E-state index < -0.39 is 0 Å². The highest BCUT2D eigenvalue weighted by molar-refractivity contribution is 5.28. The molecule has 0 aromatic rings. The highest BCUT2D eigenvalue weighted by Gasteiger charge is 1.92. The van der Waals surface area contributed by atoms with Gasteiger partial charge in [0.05, 0.1) is 14.2 Å². The van der Waals surface area contributed by atoms with E-state index in [1.807, 2.05) is 12.2 Å². The lowest BCUT2D eigenvalue weighted by atomic mass is 10.4. The topological polar surface area (TPSA) is 18.5 Å². The van der Waals surface area contributed by atoms with E-state index in [9.17, 15) is 0 Å². The molecule has 1 aliphatic carbocycles. The summed E-state index contributed by atoms with van der Waals surface area (Å²) in [6.45, 7) is 0. The van der Waals surface area contributed by atoms with Gasteiger partial charge in [-0.3, -0.25) is 0 Å². The standard InChI is InChI=1S/C9H10O2/c1-10-8-4-3-5-9(11-2)7-6-8/h3-4,6-7H,1-2H3. The van der Waals surface area contributed by atoms with Gasteiger partial charge in [-0.15, -0.1) is 0 Å². The summed E-state index contributed by atoms with van der Waals surface area (Å²) in [5.74, 6) is 1.50. The Morgan fingerprint density at radius 2 is 2.00 bits per heavy atom.